The molecule has 4 rings (SSSR count). The van der Waals surface area contributed by atoms with Gasteiger partial charge in [0.1, 0.15) is 6.04 Å². The van der Waals surface area contributed by atoms with Crippen LogP contribution in [0.1, 0.15) is 44.4 Å². The van der Waals surface area contributed by atoms with Crippen molar-refractivity contribution in [1.82, 2.24) is 25.1 Å². The van der Waals surface area contributed by atoms with Crippen LogP contribution in [-0.2, 0) is 16.1 Å². The van der Waals surface area contributed by atoms with Gasteiger partial charge in [0.05, 0.1) is 0 Å². The van der Waals surface area contributed by atoms with Gasteiger partial charge in [-0.15, -0.1) is 0 Å². The number of aliphatic hydroxyl groups is 1. The summed E-state index contributed by atoms with van der Waals surface area (Å²) in [5, 5.41) is 12.9. The van der Waals surface area contributed by atoms with Crippen LogP contribution in [0.5, 0.6) is 0 Å². The quantitative estimate of drug-likeness (QED) is 0.388. The Hall–Kier alpha value is -3.83. The average molecular weight is 584 g/mol. The molecule has 224 valence electrons. The van der Waals surface area contributed by atoms with E-state index in [0.29, 0.717) is 11.4 Å². The minimum absolute atomic E-state index is 0.0169. The molecule has 4 atom stereocenters. The van der Waals surface area contributed by atoms with Gasteiger partial charge in [0.15, 0.2) is 11.9 Å². The summed E-state index contributed by atoms with van der Waals surface area (Å²) in [6.07, 6.45) is -4.61. The van der Waals surface area contributed by atoms with Crippen LogP contribution in [0.15, 0.2) is 73.1 Å². The fraction of sp³-hybridized carbons (Fsp3) is 0.419. The van der Waals surface area contributed by atoms with Crippen molar-refractivity contribution in [2.75, 3.05) is 13.1 Å². The van der Waals surface area contributed by atoms with Crippen molar-refractivity contribution in [3.05, 3.63) is 84.2 Å². The molecule has 11 heteroatoms. The van der Waals surface area contributed by atoms with Gasteiger partial charge in [0.25, 0.3) is 0 Å². The van der Waals surface area contributed by atoms with Gasteiger partial charge in [-0.25, -0.2) is 9.97 Å². The highest BCUT2D eigenvalue weighted by molar-refractivity contribution is 5.89. The van der Waals surface area contributed by atoms with Gasteiger partial charge in [-0.2, -0.15) is 13.2 Å². The maximum absolute atomic E-state index is 13.6. The normalized spacial score (nSPS) is 19.4. The summed E-state index contributed by atoms with van der Waals surface area (Å²) in [5.74, 6) is -0.407. The molecule has 1 saturated heterocycles. The molecule has 1 aliphatic heterocycles. The maximum Gasteiger partial charge on any atom is 0.414 e. The Morgan fingerprint density at radius 3 is 2.24 bits per heavy atom. The number of nitrogens with zero attached hydrogens (tertiary/aromatic N) is 4. The third kappa shape index (κ3) is 7.51. The van der Waals surface area contributed by atoms with Crippen molar-refractivity contribution in [3.63, 3.8) is 0 Å². The van der Waals surface area contributed by atoms with E-state index < -0.39 is 42.7 Å². The Kier molecular flexibility index (Phi) is 9.95. The lowest BCUT2D eigenvalue weighted by molar-refractivity contribution is -0.210. The van der Waals surface area contributed by atoms with Crippen molar-refractivity contribution in [3.8, 4) is 11.4 Å². The highest BCUT2D eigenvalue weighted by Crippen LogP contribution is 2.34. The molecule has 2 N–H and O–H groups in total. The molecule has 2 amide bonds. The van der Waals surface area contributed by atoms with Crippen molar-refractivity contribution >= 4 is 11.8 Å². The first-order chi connectivity index (χ1) is 20.0. The first-order valence-electron chi connectivity index (χ1n) is 14.0. The Bertz CT molecular complexity index is 1320. The fourth-order valence-electron chi connectivity index (χ4n) is 5.29. The highest BCUT2D eigenvalue weighted by atomic mass is 19.4. The van der Waals surface area contributed by atoms with Crippen molar-refractivity contribution in [2.45, 2.75) is 64.1 Å². The van der Waals surface area contributed by atoms with Crippen LogP contribution in [0.4, 0.5) is 13.2 Å². The number of hydrogen-bond acceptors (Lipinski definition) is 6. The second-order valence-electron chi connectivity index (χ2n) is 10.9. The molecule has 1 aliphatic rings. The monoisotopic (exact) mass is 583 g/mol. The number of benzene rings is 2. The van der Waals surface area contributed by atoms with E-state index in [4.69, 9.17) is 0 Å². The number of rotatable bonds is 9. The van der Waals surface area contributed by atoms with Gasteiger partial charge in [0, 0.05) is 62.0 Å². The van der Waals surface area contributed by atoms with Gasteiger partial charge in [-0.05, 0) is 24.1 Å². The fourth-order valence-corrected chi connectivity index (χ4v) is 5.29. The first kappa shape index (κ1) is 31.1. The van der Waals surface area contributed by atoms with Crippen molar-refractivity contribution in [1.29, 1.82) is 0 Å². The first-order valence-corrected chi connectivity index (χ1v) is 14.0. The third-order valence-electron chi connectivity index (χ3n) is 7.46. The Morgan fingerprint density at radius 2 is 1.64 bits per heavy atom. The van der Waals surface area contributed by atoms with Crippen molar-refractivity contribution < 1.29 is 27.9 Å². The number of amides is 2. The Morgan fingerprint density at radius 1 is 1.00 bits per heavy atom. The average Bonchev–Trinajstić information content (AvgIpc) is 2.98. The molecule has 1 fully saturated rings. The second kappa shape index (κ2) is 13.4. The van der Waals surface area contributed by atoms with Crippen LogP contribution in [0.25, 0.3) is 11.4 Å². The standard InChI is InChI=1S/C31H36F3N5O3/c1-20(2)30(42)39-21(3)18-38(25(16-27(40)31(32,33)34)23-8-5-4-6-9-23)19-26(39)29(41)37-17-22-10-12-24(13-11-22)28-35-14-7-15-36-28/h4-15,20-21,25-27,40H,16-19H2,1-3H3,(H,37,41)/t21-,25-,26-,27?/m1/s1. The van der Waals surface area contributed by atoms with E-state index in [1.807, 2.05) is 24.3 Å². The number of halogens is 3. The summed E-state index contributed by atoms with van der Waals surface area (Å²) in [6.45, 7) is 5.75. The summed E-state index contributed by atoms with van der Waals surface area (Å²) in [7, 11) is 0. The zero-order valence-electron chi connectivity index (χ0n) is 23.8. The minimum atomic E-state index is -4.78. The molecule has 3 aromatic rings. The number of hydrogen-bond donors (Lipinski definition) is 2. The van der Waals surface area contributed by atoms with E-state index >= 15 is 0 Å². The summed E-state index contributed by atoms with van der Waals surface area (Å²) >= 11 is 0. The van der Waals surface area contributed by atoms with Gasteiger partial charge >= 0.3 is 6.18 Å². The molecule has 0 saturated carbocycles. The smallest absolute Gasteiger partial charge is 0.384 e. The highest BCUT2D eigenvalue weighted by Gasteiger charge is 2.45. The van der Waals surface area contributed by atoms with Crippen molar-refractivity contribution in [2.24, 2.45) is 5.92 Å². The van der Waals surface area contributed by atoms with E-state index in [1.165, 1.54) is 0 Å². The van der Waals surface area contributed by atoms with Crippen LogP contribution in [0.2, 0.25) is 0 Å². The van der Waals surface area contributed by atoms with Gasteiger partial charge in [0.2, 0.25) is 11.8 Å². The molecule has 0 radical (unpaired) electrons. The SMILES string of the molecule is CC(C)C(=O)N1[C@H](C)CN([C@H](CC(O)C(F)(F)F)c2ccccc2)C[C@@H]1C(=O)NCc1ccc(-c2ncccn2)cc1. The lowest BCUT2D eigenvalue weighted by atomic mass is 9.94. The number of alkyl halides is 3. The van der Waals surface area contributed by atoms with E-state index in [1.54, 1.807) is 79.4 Å². The Balaban J connectivity index is 1.56. The van der Waals surface area contributed by atoms with Gasteiger partial charge in [-0.1, -0.05) is 68.4 Å². The molecule has 0 spiro atoms. The van der Waals surface area contributed by atoms with E-state index in [0.717, 1.165) is 11.1 Å². The topological polar surface area (TPSA) is 98.7 Å². The molecule has 1 unspecified atom stereocenters. The summed E-state index contributed by atoms with van der Waals surface area (Å²) in [6, 6.07) is 15.6. The predicted molar refractivity (Wildman–Crippen MR) is 152 cm³/mol. The number of carbonyl (C=O) groups is 2. The zero-order chi connectivity index (χ0) is 30.4. The van der Waals surface area contributed by atoms with Gasteiger partial charge < -0.3 is 15.3 Å². The summed E-state index contributed by atoms with van der Waals surface area (Å²) < 4.78 is 40.3. The molecular formula is C31H36F3N5O3. The van der Waals surface area contributed by atoms with Crippen LogP contribution < -0.4 is 5.32 Å². The largest absolute Gasteiger partial charge is 0.414 e. The predicted octanol–water partition coefficient (Wildman–Crippen LogP) is 4.37. The van der Waals surface area contributed by atoms with E-state index in [9.17, 15) is 27.9 Å². The lowest BCUT2D eigenvalue weighted by Gasteiger charge is -2.48. The minimum Gasteiger partial charge on any atom is -0.384 e. The van der Waals surface area contributed by atoms with Gasteiger partial charge in [-0.3, -0.25) is 14.5 Å². The number of nitrogens with one attached hydrogen (secondary N) is 1. The number of aromatic nitrogens is 2. The number of carbonyl (C=O) groups excluding carboxylic acids is 2. The molecule has 1 aromatic heterocycles. The van der Waals surface area contributed by atoms with Crippen LogP contribution in [0, 0.1) is 5.92 Å². The molecule has 42 heavy (non-hydrogen) atoms. The van der Waals surface area contributed by atoms with Crippen LogP contribution in [0.3, 0.4) is 0 Å². The number of aliphatic hydroxyl groups excluding tert-OH is 1. The molecule has 0 bridgehead atoms. The summed E-state index contributed by atoms with van der Waals surface area (Å²) in [5.41, 5.74) is 2.24. The maximum atomic E-state index is 13.6. The van der Waals surface area contributed by atoms with Crippen LogP contribution >= 0.6 is 0 Å². The van der Waals surface area contributed by atoms with Crippen LogP contribution in [-0.4, -0.2) is 74.1 Å². The third-order valence-corrected chi connectivity index (χ3v) is 7.46. The molecule has 2 aromatic carbocycles. The van der Waals surface area contributed by atoms with E-state index in [-0.39, 0.29) is 31.5 Å². The second-order valence-corrected chi connectivity index (χ2v) is 10.9. The lowest BCUT2D eigenvalue weighted by Crippen LogP contribution is -2.65. The zero-order valence-corrected chi connectivity index (χ0v) is 23.8. The van der Waals surface area contributed by atoms with E-state index in [2.05, 4.69) is 15.3 Å². The Labute approximate surface area is 243 Å². The molecular weight excluding hydrogens is 547 g/mol. The molecule has 8 nitrogen and oxygen atoms in total. The molecule has 2 heterocycles. The molecule has 0 aliphatic carbocycles. The summed E-state index contributed by atoms with van der Waals surface area (Å²) in [4.78, 5) is 38.7. The number of piperazine rings is 1.